The van der Waals surface area contributed by atoms with Gasteiger partial charge in [0.05, 0.1) is 11.9 Å². The Bertz CT molecular complexity index is 502. The molecule has 0 saturated heterocycles. The first-order chi connectivity index (χ1) is 10.6. The Morgan fingerprint density at radius 2 is 1.77 bits per heavy atom. The minimum atomic E-state index is -0.0661. The number of Topliss-reactive ketones (excluding diaryl/α,β-unsaturated/α-hetero) is 1. The molecule has 120 valence electrons. The molecule has 0 unspecified atom stereocenters. The molecule has 4 heteroatoms. The first kappa shape index (κ1) is 17.2. The van der Waals surface area contributed by atoms with Crippen LogP contribution in [0.1, 0.15) is 60.9 Å². The van der Waals surface area contributed by atoms with Crippen LogP contribution in [0.15, 0.2) is 24.3 Å². The number of esters is 1. The number of rotatable bonds is 6. The second kappa shape index (κ2) is 8.47. The highest BCUT2D eigenvalue weighted by atomic mass is 79.9. The molecule has 1 aliphatic carbocycles. The zero-order valence-electron chi connectivity index (χ0n) is 13.0. The Hall–Kier alpha value is -1.16. The number of carbonyl (C=O) groups is 2. The summed E-state index contributed by atoms with van der Waals surface area (Å²) in [5.74, 6) is 1.06. The fourth-order valence-electron chi connectivity index (χ4n) is 3.17. The number of hydrogen-bond donors (Lipinski definition) is 0. The summed E-state index contributed by atoms with van der Waals surface area (Å²) in [6, 6.07) is 7.99. The number of ether oxygens (including phenoxy) is 1. The average Bonchev–Trinajstić information content (AvgIpc) is 2.55. The van der Waals surface area contributed by atoms with E-state index in [2.05, 4.69) is 28.1 Å². The van der Waals surface area contributed by atoms with Crippen molar-refractivity contribution in [2.24, 2.45) is 5.92 Å². The fourth-order valence-corrected chi connectivity index (χ4v) is 3.50. The molecule has 0 N–H and O–H groups in total. The topological polar surface area (TPSA) is 43.4 Å². The standard InChI is InChI=1S/C18H23BrO3/c1-2-22-18(21)11-13-3-5-14(6-4-13)15-7-9-16(10-8-15)17(20)12-19/h7-10,13-14H,2-6,11-12H2,1H3. The van der Waals surface area contributed by atoms with Crippen molar-refractivity contribution in [3.8, 4) is 0 Å². The summed E-state index contributed by atoms with van der Waals surface area (Å²) in [6.45, 7) is 2.31. The molecule has 0 atom stereocenters. The molecular formula is C18H23BrO3. The largest absolute Gasteiger partial charge is 0.466 e. The lowest BCUT2D eigenvalue weighted by Gasteiger charge is -2.28. The SMILES string of the molecule is CCOC(=O)CC1CCC(c2ccc(C(=O)CBr)cc2)CC1. The van der Waals surface area contributed by atoms with Crippen LogP contribution in [-0.4, -0.2) is 23.7 Å². The molecule has 0 aliphatic heterocycles. The van der Waals surface area contributed by atoms with Crippen molar-refractivity contribution < 1.29 is 14.3 Å². The number of carbonyl (C=O) groups excluding carboxylic acids is 2. The third-order valence-electron chi connectivity index (χ3n) is 4.43. The van der Waals surface area contributed by atoms with Crippen LogP contribution >= 0.6 is 15.9 Å². The van der Waals surface area contributed by atoms with E-state index in [4.69, 9.17) is 4.74 Å². The monoisotopic (exact) mass is 366 g/mol. The normalized spacial score (nSPS) is 21.4. The van der Waals surface area contributed by atoms with Gasteiger partial charge in [-0.1, -0.05) is 40.2 Å². The molecule has 3 nitrogen and oxygen atoms in total. The van der Waals surface area contributed by atoms with E-state index in [0.29, 0.717) is 30.2 Å². The van der Waals surface area contributed by atoms with Crippen LogP contribution in [0.2, 0.25) is 0 Å². The number of alkyl halides is 1. The molecule has 0 spiro atoms. The summed E-state index contributed by atoms with van der Waals surface area (Å²) in [5, 5.41) is 0.366. The van der Waals surface area contributed by atoms with Crippen LogP contribution in [0, 0.1) is 5.92 Å². The highest BCUT2D eigenvalue weighted by Crippen LogP contribution is 2.37. The molecule has 0 amide bonds. The van der Waals surface area contributed by atoms with E-state index >= 15 is 0 Å². The average molecular weight is 367 g/mol. The van der Waals surface area contributed by atoms with Gasteiger partial charge >= 0.3 is 5.97 Å². The van der Waals surface area contributed by atoms with Crippen molar-refractivity contribution >= 4 is 27.7 Å². The number of hydrogen-bond acceptors (Lipinski definition) is 3. The van der Waals surface area contributed by atoms with Crippen molar-refractivity contribution in [3.63, 3.8) is 0 Å². The van der Waals surface area contributed by atoms with Gasteiger partial charge in [0.25, 0.3) is 0 Å². The van der Waals surface area contributed by atoms with E-state index in [1.807, 2.05) is 19.1 Å². The van der Waals surface area contributed by atoms with Gasteiger partial charge in [0, 0.05) is 12.0 Å². The zero-order chi connectivity index (χ0) is 15.9. The summed E-state index contributed by atoms with van der Waals surface area (Å²) in [4.78, 5) is 23.1. The minimum Gasteiger partial charge on any atom is -0.466 e. The predicted molar refractivity (Wildman–Crippen MR) is 90.5 cm³/mol. The van der Waals surface area contributed by atoms with Gasteiger partial charge in [-0.15, -0.1) is 0 Å². The van der Waals surface area contributed by atoms with Crippen LogP contribution in [0.5, 0.6) is 0 Å². The smallest absolute Gasteiger partial charge is 0.306 e. The van der Waals surface area contributed by atoms with E-state index in [0.717, 1.165) is 31.2 Å². The van der Waals surface area contributed by atoms with Gasteiger partial charge in [-0.05, 0) is 50.0 Å². The molecule has 1 aromatic rings. The third-order valence-corrected chi connectivity index (χ3v) is 4.94. The molecule has 2 rings (SSSR count). The first-order valence-corrected chi connectivity index (χ1v) is 9.11. The summed E-state index contributed by atoms with van der Waals surface area (Å²) in [7, 11) is 0. The van der Waals surface area contributed by atoms with Gasteiger partial charge in [0.1, 0.15) is 0 Å². The van der Waals surface area contributed by atoms with Crippen molar-refractivity contribution in [3.05, 3.63) is 35.4 Å². The molecule has 1 fully saturated rings. The Kier molecular flexibility index (Phi) is 6.62. The van der Waals surface area contributed by atoms with E-state index in [9.17, 15) is 9.59 Å². The second-order valence-electron chi connectivity index (χ2n) is 5.91. The predicted octanol–water partition coefficient (Wildman–Crippen LogP) is 4.49. The van der Waals surface area contributed by atoms with Crippen LogP contribution in [-0.2, 0) is 9.53 Å². The number of benzene rings is 1. The lowest BCUT2D eigenvalue weighted by molar-refractivity contribution is -0.144. The molecular weight excluding hydrogens is 344 g/mol. The molecule has 1 aromatic carbocycles. The maximum atomic E-state index is 11.6. The van der Waals surface area contributed by atoms with Crippen molar-refractivity contribution in [1.29, 1.82) is 0 Å². The highest BCUT2D eigenvalue weighted by Gasteiger charge is 2.24. The Morgan fingerprint density at radius 1 is 1.14 bits per heavy atom. The minimum absolute atomic E-state index is 0.0661. The van der Waals surface area contributed by atoms with Crippen LogP contribution < -0.4 is 0 Å². The molecule has 0 bridgehead atoms. The van der Waals surface area contributed by atoms with Gasteiger partial charge < -0.3 is 4.74 Å². The van der Waals surface area contributed by atoms with Gasteiger partial charge in [-0.3, -0.25) is 9.59 Å². The maximum absolute atomic E-state index is 11.6. The van der Waals surface area contributed by atoms with Crippen LogP contribution in [0.25, 0.3) is 0 Å². The molecule has 0 aromatic heterocycles. The molecule has 0 radical (unpaired) electrons. The van der Waals surface area contributed by atoms with E-state index in [1.54, 1.807) is 0 Å². The van der Waals surface area contributed by atoms with E-state index in [1.165, 1.54) is 5.56 Å². The van der Waals surface area contributed by atoms with Crippen molar-refractivity contribution in [1.82, 2.24) is 0 Å². The summed E-state index contributed by atoms with van der Waals surface area (Å²) < 4.78 is 5.03. The maximum Gasteiger partial charge on any atom is 0.306 e. The first-order valence-electron chi connectivity index (χ1n) is 7.98. The molecule has 0 heterocycles. The zero-order valence-corrected chi connectivity index (χ0v) is 14.6. The van der Waals surface area contributed by atoms with Gasteiger partial charge in [-0.2, -0.15) is 0 Å². The fraction of sp³-hybridized carbons (Fsp3) is 0.556. The van der Waals surface area contributed by atoms with Crippen molar-refractivity contribution in [2.75, 3.05) is 11.9 Å². The Labute approximate surface area is 140 Å². The lowest BCUT2D eigenvalue weighted by atomic mass is 9.77. The third kappa shape index (κ3) is 4.67. The van der Waals surface area contributed by atoms with E-state index in [-0.39, 0.29) is 11.8 Å². The molecule has 22 heavy (non-hydrogen) atoms. The molecule has 1 aliphatic rings. The Balaban J connectivity index is 1.86. The Morgan fingerprint density at radius 3 is 2.32 bits per heavy atom. The van der Waals surface area contributed by atoms with Gasteiger partial charge in [-0.25, -0.2) is 0 Å². The van der Waals surface area contributed by atoms with E-state index < -0.39 is 0 Å². The van der Waals surface area contributed by atoms with Gasteiger partial charge in [0.2, 0.25) is 0 Å². The summed E-state index contributed by atoms with van der Waals surface area (Å²) in [5.41, 5.74) is 2.07. The summed E-state index contributed by atoms with van der Waals surface area (Å²) in [6.07, 6.45) is 4.92. The summed E-state index contributed by atoms with van der Waals surface area (Å²) >= 11 is 3.20. The van der Waals surface area contributed by atoms with Crippen molar-refractivity contribution in [2.45, 2.75) is 44.9 Å². The second-order valence-corrected chi connectivity index (χ2v) is 6.47. The quantitative estimate of drug-likeness (QED) is 0.423. The van der Waals surface area contributed by atoms with Crippen LogP contribution in [0.4, 0.5) is 0 Å². The lowest BCUT2D eigenvalue weighted by Crippen LogP contribution is -2.18. The number of halogens is 1. The molecule has 1 saturated carbocycles. The van der Waals surface area contributed by atoms with Crippen LogP contribution in [0.3, 0.4) is 0 Å². The highest BCUT2D eigenvalue weighted by molar-refractivity contribution is 9.09. The van der Waals surface area contributed by atoms with Gasteiger partial charge in [0.15, 0.2) is 5.78 Å². The number of ketones is 1.